The minimum atomic E-state index is -1.06. The highest BCUT2D eigenvalue weighted by Gasteiger charge is 2.33. The molecule has 0 fully saturated rings. The molecule has 0 saturated heterocycles. The number of methoxy groups -OCH3 is 2. The van der Waals surface area contributed by atoms with Crippen LogP contribution >= 0.6 is 0 Å². The summed E-state index contributed by atoms with van der Waals surface area (Å²) in [6.45, 7) is 12.3. The van der Waals surface area contributed by atoms with E-state index in [9.17, 15) is 19.2 Å². The van der Waals surface area contributed by atoms with E-state index in [1.807, 2.05) is 20.8 Å². The van der Waals surface area contributed by atoms with Gasteiger partial charge in [-0.3, -0.25) is 14.4 Å². The van der Waals surface area contributed by atoms with E-state index in [0.29, 0.717) is 0 Å². The first-order chi connectivity index (χ1) is 15.1. The summed E-state index contributed by atoms with van der Waals surface area (Å²) in [5, 5.41) is 5.23. The van der Waals surface area contributed by atoms with Gasteiger partial charge in [-0.15, -0.1) is 0 Å². The predicted molar refractivity (Wildman–Crippen MR) is 120 cm³/mol. The smallest absolute Gasteiger partial charge is 0.408 e. The van der Waals surface area contributed by atoms with Gasteiger partial charge in [-0.2, -0.15) is 0 Å². The number of ketones is 2. The van der Waals surface area contributed by atoms with Crippen molar-refractivity contribution < 1.29 is 38.1 Å². The summed E-state index contributed by atoms with van der Waals surface area (Å²) in [7, 11) is 2.58. The molecule has 0 saturated carbocycles. The van der Waals surface area contributed by atoms with Crippen LogP contribution in [0.15, 0.2) is 23.2 Å². The Morgan fingerprint density at radius 2 is 1.61 bits per heavy atom. The molecule has 0 bridgehead atoms. The van der Waals surface area contributed by atoms with E-state index in [0.717, 1.165) is 6.08 Å². The van der Waals surface area contributed by atoms with Crippen molar-refractivity contribution in [3.63, 3.8) is 0 Å². The van der Waals surface area contributed by atoms with Crippen molar-refractivity contribution in [2.24, 2.45) is 0 Å². The van der Waals surface area contributed by atoms with E-state index in [4.69, 9.17) is 18.9 Å². The van der Waals surface area contributed by atoms with Crippen LogP contribution in [0, 0.1) is 0 Å². The fourth-order valence-electron chi connectivity index (χ4n) is 3.13. The van der Waals surface area contributed by atoms with Crippen LogP contribution in [0.25, 0.3) is 0 Å². The monoisotopic (exact) mass is 468 g/mol. The summed E-state index contributed by atoms with van der Waals surface area (Å²) in [5.41, 5.74) is -1.22. The molecule has 1 rings (SSSR count). The van der Waals surface area contributed by atoms with Gasteiger partial charge in [0.25, 0.3) is 0 Å². The first kappa shape index (κ1) is 28.2. The minimum Gasteiger partial charge on any atom is -0.493 e. The Kier molecular flexibility index (Phi) is 9.65. The SMILES string of the molecule is COC1=CC(=O)C(OC)=C(CCNC(=O)[C@@H](NC(=O)OC(C)(C)C)[C@@H](C)OC(C)(C)C)C1=O. The third kappa shape index (κ3) is 8.88. The number of Topliss-reactive ketones (excluding diaryl/α,β-unsaturated/α-hetero) is 1. The van der Waals surface area contributed by atoms with Gasteiger partial charge in [-0.25, -0.2) is 4.79 Å². The molecule has 0 aliphatic heterocycles. The second kappa shape index (κ2) is 11.3. The number of carbonyl (C=O) groups excluding carboxylic acids is 4. The van der Waals surface area contributed by atoms with Gasteiger partial charge in [-0.05, 0) is 54.9 Å². The van der Waals surface area contributed by atoms with E-state index in [1.54, 1.807) is 27.7 Å². The first-order valence-corrected chi connectivity index (χ1v) is 10.7. The van der Waals surface area contributed by atoms with Gasteiger partial charge >= 0.3 is 6.09 Å². The molecular formula is C23H36N2O8. The quantitative estimate of drug-likeness (QED) is 0.493. The van der Waals surface area contributed by atoms with Gasteiger partial charge in [-0.1, -0.05) is 0 Å². The highest BCUT2D eigenvalue weighted by Crippen LogP contribution is 2.22. The van der Waals surface area contributed by atoms with Crippen LogP contribution in [0.2, 0.25) is 0 Å². The molecule has 0 radical (unpaired) electrons. The lowest BCUT2D eigenvalue weighted by Gasteiger charge is -2.31. The van der Waals surface area contributed by atoms with Crippen LogP contribution in [-0.4, -0.2) is 67.7 Å². The highest BCUT2D eigenvalue weighted by molar-refractivity contribution is 6.21. The van der Waals surface area contributed by atoms with Crippen LogP contribution in [0.5, 0.6) is 0 Å². The minimum absolute atomic E-state index is 0.00573. The molecule has 0 heterocycles. The van der Waals surface area contributed by atoms with Gasteiger partial charge in [0.15, 0.2) is 11.5 Å². The average molecular weight is 469 g/mol. The molecule has 1 aliphatic carbocycles. The van der Waals surface area contributed by atoms with Gasteiger partial charge in [0, 0.05) is 12.6 Å². The fourth-order valence-corrected chi connectivity index (χ4v) is 3.13. The molecule has 0 aromatic carbocycles. The third-order valence-corrected chi connectivity index (χ3v) is 4.32. The molecule has 186 valence electrons. The Balaban J connectivity index is 2.94. The van der Waals surface area contributed by atoms with E-state index in [-0.39, 0.29) is 30.1 Å². The summed E-state index contributed by atoms with van der Waals surface area (Å²) in [6.07, 6.45) is -0.366. The van der Waals surface area contributed by atoms with Crippen LogP contribution < -0.4 is 10.6 Å². The molecule has 0 aromatic rings. The molecule has 10 heteroatoms. The van der Waals surface area contributed by atoms with E-state index in [1.165, 1.54) is 14.2 Å². The molecule has 2 N–H and O–H groups in total. The van der Waals surface area contributed by atoms with Crippen molar-refractivity contribution in [1.82, 2.24) is 10.6 Å². The zero-order valence-electron chi connectivity index (χ0n) is 20.9. The van der Waals surface area contributed by atoms with Crippen molar-refractivity contribution in [1.29, 1.82) is 0 Å². The van der Waals surface area contributed by atoms with E-state index >= 15 is 0 Å². The largest absolute Gasteiger partial charge is 0.493 e. The van der Waals surface area contributed by atoms with Crippen LogP contribution in [-0.2, 0) is 33.3 Å². The number of ether oxygens (including phenoxy) is 4. The van der Waals surface area contributed by atoms with Gasteiger partial charge < -0.3 is 29.6 Å². The number of carbonyl (C=O) groups is 4. The van der Waals surface area contributed by atoms with Crippen molar-refractivity contribution >= 4 is 23.6 Å². The zero-order chi connectivity index (χ0) is 25.6. The fraction of sp³-hybridized carbons (Fsp3) is 0.652. The molecule has 2 amide bonds. The number of rotatable bonds is 9. The number of hydrogen-bond donors (Lipinski definition) is 2. The molecule has 0 aromatic heterocycles. The predicted octanol–water partition coefficient (Wildman–Crippen LogP) is 2.17. The summed E-state index contributed by atoms with van der Waals surface area (Å²) in [4.78, 5) is 49.9. The van der Waals surface area contributed by atoms with Crippen molar-refractivity contribution in [2.45, 2.75) is 78.2 Å². The second-order valence-corrected chi connectivity index (χ2v) is 9.52. The lowest BCUT2D eigenvalue weighted by atomic mass is 9.97. The molecule has 1 aliphatic rings. The summed E-state index contributed by atoms with van der Waals surface area (Å²) in [6, 6.07) is -1.06. The third-order valence-electron chi connectivity index (χ3n) is 4.32. The number of alkyl carbamates (subject to hydrolysis) is 1. The first-order valence-electron chi connectivity index (χ1n) is 10.7. The standard InChI is InChI=1S/C23H36N2O8/c1-13(32-22(2,3)4)17(25-21(29)33-23(5,6)7)20(28)24-11-10-14-18(27)16(30-8)12-15(26)19(14)31-9/h12-13,17H,10-11H2,1-9H3,(H,24,28)(H,25,29)/t13-,17+/m1/s1. The van der Waals surface area contributed by atoms with Gasteiger partial charge in [0.2, 0.25) is 17.5 Å². The normalized spacial score (nSPS) is 16.6. The molecule has 0 spiro atoms. The number of amides is 2. The lowest BCUT2D eigenvalue weighted by molar-refractivity contribution is -0.131. The Bertz CT molecular complexity index is 830. The summed E-state index contributed by atoms with van der Waals surface area (Å²) in [5.74, 6) is -1.71. The zero-order valence-corrected chi connectivity index (χ0v) is 20.9. The van der Waals surface area contributed by atoms with Gasteiger partial charge in [0.1, 0.15) is 11.6 Å². The van der Waals surface area contributed by atoms with Crippen LogP contribution in [0.3, 0.4) is 0 Å². The molecule has 2 atom stereocenters. The van der Waals surface area contributed by atoms with E-state index in [2.05, 4.69) is 10.6 Å². The summed E-state index contributed by atoms with van der Waals surface area (Å²) < 4.78 is 21.2. The maximum Gasteiger partial charge on any atom is 0.408 e. The maximum atomic E-state index is 12.9. The Morgan fingerprint density at radius 1 is 1.00 bits per heavy atom. The highest BCUT2D eigenvalue weighted by atomic mass is 16.6. The topological polar surface area (TPSA) is 129 Å². The van der Waals surface area contributed by atoms with Crippen molar-refractivity contribution in [3.05, 3.63) is 23.2 Å². The molecule has 33 heavy (non-hydrogen) atoms. The Hall–Kier alpha value is -2.88. The van der Waals surface area contributed by atoms with Crippen molar-refractivity contribution in [2.75, 3.05) is 20.8 Å². The number of allylic oxidation sites excluding steroid dienone is 2. The average Bonchev–Trinajstić information content (AvgIpc) is 2.65. The Labute approximate surface area is 195 Å². The summed E-state index contributed by atoms with van der Waals surface area (Å²) >= 11 is 0. The number of hydrogen-bond acceptors (Lipinski definition) is 8. The lowest BCUT2D eigenvalue weighted by Crippen LogP contribution is -2.55. The van der Waals surface area contributed by atoms with Crippen molar-refractivity contribution in [3.8, 4) is 0 Å². The maximum absolute atomic E-state index is 12.9. The van der Waals surface area contributed by atoms with Crippen LogP contribution in [0.4, 0.5) is 4.79 Å². The molecule has 10 nitrogen and oxygen atoms in total. The van der Waals surface area contributed by atoms with Crippen LogP contribution in [0.1, 0.15) is 54.9 Å². The molecule has 0 unspecified atom stereocenters. The van der Waals surface area contributed by atoms with E-state index < -0.39 is 46.9 Å². The second-order valence-electron chi connectivity index (χ2n) is 9.52. The molecular weight excluding hydrogens is 432 g/mol. The Morgan fingerprint density at radius 3 is 2.09 bits per heavy atom. The number of nitrogens with one attached hydrogen (secondary N) is 2. The van der Waals surface area contributed by atoms with Gasteiger partial charge in [0.05, 0.1) is 31.5 Å².